The maximum Gasteiger partial charge on any atom is 0.244 e. The average molecular weight is 606 g/mol. The number of nitrogens with two attached hydrogens (primary N) is 1. The standard InChI is InChI=1S/C32H28ClN9O2/c33-24-9-12-30(42-19-36-40-41-42)22(15-24)8-13-31(43)38-28(14-20-4-2-1-3-5-20)29-16-23(18-35-39-29)21-6-10-25(11-7-21)37-32(44)26-17-27(26)34/h1-13,15-16,18-19,26-28H,14,17,34H2,(H,37,44)(H,38,43)/t26?,27?,28-/m0/s1. The van der Waals surface area contributed by atoms with Crippen LogP contribution in [0.1, 0.15) is 29.3 Å². The number of amides is 2. The van der Waals surface area contributed by atoms with E-state index >= 15 is 0 Å². The number of benzene rings is 3. The van der Waals surface area contributed by atoms with Crippen molar-refractivity contribution in [2.24, 2.45) is 11.7 Å². The van der Waals surface area contributed by atoms with Crippen molar-refractivity contribution in [1.82, 2.24) is 35.7 Å². The van der Waals surface area contributed by atoms with Crippen molar-refractivity contribution in [3.05, 3.63) is 119 Å². The maximum absolute atomic E-state index is 13.3. The van der Waals surface area contributed by atoms with E-state index in [0.717, 1.165) is 16.7 Å². The summed E-state index contributed by atoms with van der Waals surface area (Å²) in [5.74, 6) is -0.503. The van der Waals surface area contributed by atoms with E-state index in [1.165, 1.54) is 17.1 Å². The zero-order chi connectivity index (χ0) is 30.5. The Labute approximate surface area is 258 Å². The SMILES string of the molecule is NC1CC1C(=O)Nc1ccc(-c2cnnc([C@H](Cc3ccccc3)NC(=O)C=Cc3cc(Cl)ccc3-n3cnnn3)c2)cc1. The van der Waals surface area contributed by atoms with Crippen molar-refractivity contribution in [2.45, 2.75) is 24.9 Å². The number of hydrogen-bond donors (Lipinski definition) is 3. The number of carbonyl (C=O) groups is 2. The fourth-order valence-electron chi connectivity index (χ4n) is 4.81. The smallest absolute Gasteiger partial charge is 0.244 e. The van der Waals surface area contributed by atoms with E-state index in [2.05, 4.69) is 36.4 Å². The minimum Gasteiger partial charge on any atom is -0.344 e. The Balaban J connectivity index is 1.22. The predicted octanol–water partition coefficient (Wildman–Crippen LogP) is 4.17. The van der Waals surface area contributed by atoms with E-state index in [9.17, 15) is 9.59 Å². The Hall–Kier alpha value is -5.26. The molecule has 44 heavy (non-hydrogen) atoms. The maximum atomic E-state index is 13.3. The Kier molecular flexibility index (Phi) is 8.48. The van der Waals surface area contributed by atoms with Crippen molar-refractivity contribution >= 4 is 35.2 Å². The summed E-state index contributed by atoms with van der Waals surface area (Å²) in [5, 5.41) is 26.5. The molecule has 11 nitrogen and oxygen atoms in total. The molecule has 1 aliphatic carbocycles. The molecule has 3 aromatic carbocycles. The Morgan fingerprint density at radius 1 is 1.02 bits per heavy atom. The zero-order valence-corrected chi connectivity index (χ0v) is 24.2. The van der Waals surface area contributed by atoms with Gasteiger partial charge in [0.1, 0.15) is 6.33 Å². The summed E-state index contributed by atoms with van der Waals surface area (Å²) in [6.45, 7) is 0. The highest BCUT2D eigenvalue weighted by Crippen LogP contribution is 2.30. The van der Waals surface area contributed by atoms with Gasteiger partial charge in [0.2, 0.25) is 11.8 Å². The van der Waals surface area contributed by atoms with Crippen molar-refractivity contribution in [2.75, 3.05) is 5.32 Å². The van der Waals surface area contributed by atoms with Crippen LogP contribution in [0, 0.1) is 5.92 Å². The molecule has 0 aliphatic heterocycles. The molecule has 1 saturated carbocycles. The number of aromatic nitrogens is 6. The zero-order valence-electron chi connectivity index (χ0n) is 23.4. The van der Waals surface area contributed by atoms with E-state index in [1.54, 1.807) is 30.5 Å². The van der Waals surface area contributed by atoms with Gasteiger partial charge >= 0.3 is 0 Å². The minimum absolute atomic E-state index is 0.0538. The van der Waals surface area contributed by atoms with Gasteiger partial charge in [-0.1, -0.05) is 54.1 Å². The molecule has 0 bridgehead atoms. The summed E-state index contributed by atoms with van der Waals surface area (Å²) in [4.78, 5) is 25.5. The van der Waals surface area contributed by atoms with Crippen LogP contribution in [-0.4, -0.2) is 48.3 Å². The molecule has 4 N–H and O–H groups in total. The number of anilines is 1. The van der Waals surface area contributed by atoms with E-state index in [1.807, 2.05) is 60.7 Å². The van der Waals surface area contributed by atoms with Crippen LogP contribution in [-0.2, 0) is 16.0 Å². The molecule has 6 rings (SSSR count). The molecule has 0 saturated heterocycles. The molecular weight excluding hydrogens is 578 g/mol. The number of nitrogens with one attached hydrogen (secondary N) is 2. The van der Waals surface area contributed by atoms with Gasteiger partial charge in [-0.15, -0.1) is 5.10 Å². The molecule has 3 atom stereocenters. The number of carbonyl (C=O) groups excluding carboxylic acids is 2. The van der Waals surface area contributed by atoms with Crippen LogP contribution in [0.5, 0.6) is 0 Å². The van der Waals surface area contributed by atoms with Crippen molar-refractivity contribution in [1.29, 1.82) is 0 Å². The molecule has 1 aliphatic rings. The Bertz CT molecular complexity index is 1790. The van der Waals surface area contributed by atoms with Gasteiger partial charge in [0.25, 0.3) is 0 Å². The van der Waals surface area contributed by atoms with Crippen LogP contribution in [0.15, 0.2) is 97.5 Å². The van der Waals surface area contributed by atoms with E-state index in [0.29, 0.717) is 40.5 Å². The van der Waals surface area contributed by atoms with Crippen LogP contribution < -0.4 is 16.4 Å². The summed E-state index contributed by atoms with van der Waals surface area (Å²) >= 11 is 6.23. The number of nitrogens with zero attached hydrogens (tertiary/aromatic N) is 6. The lowest BCUT2D eigenvalue weighted by Crippen LogP contribution is -2.29. The van der Waals surface area contributed by atoms with Crippen LogP contribution in [0.3, 0.4) is 0 Å². The molecule has 2 unspecified atom stereocenters. The van der Waals surface area contributed by atoms with E-state index in [-0.39, 0.29) is 23.8 Å². The van der Waals surface area contributed by atoms with Crippen molar-refractivity contribution < 1.29 is 9.59 Å². The van der Waals surface area contributed by atoms with Crippen LogP contribution >= 0.6 is 11.6 Å². The highest BCUT2D eigenvalue weighted by Gasteiger charge is 2.39. The molecule has 0 spiro atoms. The van der Waals surface area contributed by atoms with Gasteiger partial charge in [-0.05, 0) is 76.9 Å². The Morgan fingerprint density at radius 2 is 1.82 bits per heavy atom. The third kappa shape index (κ3) is 7.02. The summed E-state index contributed by atoms with van der Waals surface area (Å²) in [6.07, 6.45) is 7.46. The monoisotopic (exact) mass is 605 g/mol. The minimum atomic E-state index is -0.471. The van der Waals surface area contributed by atoms with Gasteiger partial charge in [0.05, 0.1) is 29.5 Å². The van der Waals surface area contributed by atoms with Gasteiger partial charge < -0.3 is 16.4 Å². The molecule has 2 heterocycles. The Morgan fingerprint density at radius 3 is 2.55 bits per heavy atom. The molecule has 0 radical (unpaired) electrons. The second-order valence-corrected chi connectivity index (χ2v) is 10.9. The summed E-state index contributed by atoms with van der Waals surface area (Å²) in [7, 11) is 0. The lowest BCUT2D eigenvalue weighted by Gasteiger charge is -2.18. The first kappa shape index (κ1) is 28.8. The molecule has 1 fully saturated rings. The second-order valence-electron chi connectivity index (χ2n) is 10.5. The third-order valence-electron chi connectivity index (χ3n) is 7.29. The van der Waals surface area contributed by atoms with Crippen LogP contribution in [0.2, 0.25) is 5.02 Å². The number of halogens is 1. The molecule has 12 heteroatoms. The van der Waals surface area contributed by atoms with Gasteiger partial charge in [-0.3, -0.25) is 9.59 Å². The first-order valence-electron chi connectivity index (χ1n) is 14.0. The largest absolute Gasteiger partial charge is 0.344 e. The average Bonchev–Trinajstić information content (AvgIpc) is 3.53. The molecule has 220 valence electrons. The fourth-order valence-corrected chi connectivity index (χ4v) is 4.99. The lowest BCUT2D eigenvalue weighted by molar-refractivity contribution is -0.118. The highest BCUT2D eigenvalue weighted by atomic mass is 35.5. The lowest BCUT2D eigenvalue weighted by atomic mass is 10.00. The van der Waals surface area contributed by atoms with E-state index < -0.39 is 6.04 Å². The van der Waals surface area contributed by atoms with Gasteiger partial charge in [-0.25, -0.2) is 0 Å². The summed E-state index contributed by atoms with van der Waals surface area (Å²) in [6, 6.07) is 24.0. The number of tetrazole rings is 1. The third-order valence-corrected chi connectivity index (χ3v) is 7.53. The van der Waals surface area contributed by atoms with Crippen LogP contribution in [0.4, 0.5) is 5.69 Å². The normalized spacial score (nSPS) is 16.4. The van der Waals surface area contributed by atoms with E-state index in [4.69, 9.17) is 17.3 Å². The van der Waals surface area contributed by atoms with Gasteiger partial charge in [0.15, 0.2) is 0 Å². The molecule has 2 amide bonds. The fraction of sp³-hybridized carbons (Fsp3) is 0.156. The van der Waals surface area contributed by atoms with Gasteiger partial charge in [0, 0.05) is 34.0 Å². The van der Waals surface area contributed by atoms with Crippen molar-refractivity contribution in [3.63, 3.8) is 0 Å². The first-order chi connectivity index (χ1) is 21.4. The summed E-state index contributed by atoms with van der Waals surface area (Å²) < 4.78 is 1.50. The number of hydrogen-bond acceptors (Lipinski definition) is 8. The summed E-state index contributed by atoms with van der Waals surface area (Å²) in [5.41, 5.74) is 11.2. The molecule has 5 aromatic rings. The predicted molar refractivity (Wildman–Crippen MR) is 166 cm³/mol. The topological polar surface area (TPSA) is 154 Å². The first-order valence-corrected chi connectivity index (χ1v) is 14.4. The van der Waals surface area contributed by atoms with Gasteiger partial charge in [-0.2, -0.15) is 14.9 Å². The highest BCUT2D eigenvalue weighted by molar-refractivity contribution is 6.30. The van der Waals surface area contributed by atoms with Crippen molar-refractivity contribution in [3.8, 4) is 16.8 Å². The molecular formula is C32H28ClN9O2. The number of rotatable bonds is 10. The molecule has 2 aromatic heterocycles. The van der Waals surface area contributed by atoms with Crippen LogP contribution in [0.25, 0.3) is 22.9 Å². The second kappa shape index (κ2) is 12.9. The quantitative estimate of drug-likeness (QED) is 0.200.